The van der Waals surface area contributed by atoms with Crippen LogP contribution in [0.5, 0.6) is 0 Å². The summed E-state index contributed by atoms with van der Waals surface area (Å²) in [6.07, 6.45) is 2.05. The number of aliphatic carboxylic acids is 1. The predicted molar refractivity (Wildman–Crippen MR) is 72.5 cm³/mol. The maximum atomic E-state index is 10.9. The first-order valence-electron chi connectivity index (χ1n) is 6.02. The van der Waals surface area contributed by atoms with Gasteiger partial charge in [0.25, 0.3) is 5.69 Å². The van der Waals surface area contributed by atoms with E-state index in [1.807, 2.05) is 6.07 Å². The number of rotatable bonds is 6. The molecule has 1 aliphatic rings. The molecule has 0 atom stereocenters. The van der Waals surface area contributed by atoms with Crippen molar-refractivity contribution in [2.24, 2.45) is 5.41 Å². The number of hydrogen-bond donors (Lipinski definition) is 1. The van der Waals surface area contributed by atoms with Gasteiger partial charge in [0.1, 0.15) is 0 Å². The van der Waals surface area contributed by atoms with Crippen LogP contribution in [0.25, 0.3) is 0 Å². The number of thioether (sulfide) groups is 1. The third kappa shape index (κ3) is 3.47. The predicted octanol–water partition coefficient (Wildman–Crippen LogP) is 3.25. The number of carboxylic acid groups (broad SMARTS) is 1. The monoisotopic (exact) mass is 281 g/mol. The van der Waals surface area contributed by atoms with E-state index in [-0.39, 0.29) is 22.4 Å². The van der Waals surface area contributed by atoms with Gasteiger partial charge in [-0.05, 0) is 31.2 Å². The molecule has 2 rings (SSSR count). The van der Waals surface area contributed by atoms with Crippen molar-refractivity contribution in [3.05, 3.63) is 33.9 Å². The van der Waals surface area contributed by atoms with Crippen molar-refractivity contribution < 1.29 is 14.8 Å². The fourth-order valence-electron chi connectivity index (χ4n) is 1.98. The summed E-state index contributed by atoms with van der Waals surface area (Å²) in [6, 6.07) is 5.15. The minimum absolute atomic E-state index is 0.101. The van der Waals surface area contributed by atoms with Gasteiger partial charge in [0.2, 0.25) is 0 Å². The van der Waals surface area contributed by atoms with Crippen LogP contribution in [0.2, 0.25) is 0 Å². The number of nitro groups is 1. The molecule has 5 nitrogen and oxygen atoms in total. The van der Waals surface area contributed by atoms with E-state index in [0.29, 0.717) is 11.3 Å². The minimum atomic E-state index is -0.770. The number of nitrogens with zero attached hydrogens (tertiary/aromatic N) is 1. The van der Waals surface area contributed by atoms with Gasteiger partial charge in [-0.3, -0.25) is 14.9 Å². The standard InChI is InChI=1S/C13H15NO4S/c1-9-2-3-10(6-11(9)14(17)18)19-8-13(4-5-13)7-12(15)16/h2-3,6H,4-5,7-8H2,1H3,(H,15,16). The van der Waals surface area contributed by atoms with E-state index in [9.17, 15) is 14.9 Å². The highest BCUT2D eigenvalue weighted by Gasteiger charge is 2.44. The van der Waals surface area contributed by atoms with Gasteiger partial charge < -0.3 is 5.11 Å². The number of benzene rings is 1. The minimum Gasteiger partial charge on any atom is -0.481 e. The molecule has 0 aliphatic heterocycles. The summed E-state index contributed by atoms with van der Waals surface area (Å²) in [4.78, 5) is 22.0. The third-order valence-electron chi connectivity index (χ3n) is 3.41. The zero-order valence-electron chi connectivity index (χ0n) is 10.6. The van der Waals surface area contributed by atoms with E-state index < -0.39 is 5.97 Å². The first-order chi connectivity index (χ1) is 8.92. The Morgan fingerprint density at radius 2 is 2.21 bits per heavy atom. The van der Waals surface area contributed by atoms with Crippen LogP contribution >= 0.6 is 11.8 Å². The second-order valence-corrected chi connectivity index (χ2v) is 6.11. The zero-order chi connectivity index (χ0) is 14.0. The van der Waals surface area contributed by atoms with Gasteiger partial charge >= 0.3 is 5.97 Å². The summed E-state index contributed by atoms with van der Waals surface area (Å²) in [6.45, 7) is 1.71. The number of aryl methyl sites for hydroxylation is 1. The molecule has 6 heteroatoms. The summed E-state index contributed by atoms with van der Waals surface area (Å²) < 4.78 is 0. The zero-order valence-corrected chi connectivity index (χ0v) is 11.4. The van der Waals surface area contributed by atoms with Crippen LogP contribution < -0.4 is 0 Å². The Kier molecular flexibility index (Phi) is 3.80. The Morgan fingerprint density at radius 1 is 1.53 bits per heavy atom. The lowest BCUT2D eigenvalue weighted by Gasteiger charge is -2.11. The molecule has 0 spiro atoms. The van der Waals surface area contributed by atoms with Gasteiger partial charge in [0.15, 0.2) is 0 Å². The van der Waals surface area contributed by atoms with Crippen LogP contribution in [0.1, 0.15) is 24.8 Å². The highest BCUT2D eigenvalue weighted by atomic mass is 32.2. The van der Waals surface area contributed by atoms with Gasteiger partial charge in [-0.1, -0.05) is 6.07 Å². The van der Waals surface area contributed by atoms with E-state index in [2.05, 4.69) is 0 Å². The van der Waals surface area contributed by atoms with Crippen LogP contribution in [0.15, 0.2) is 23.1 Å². The van der Waals surface area contributed by atoms with E-state index in [0.717, 1.165) is 17.7 Å². The molecule has 0 saturated heterocycles. The molecule has 0 amide bonds. The summed E-state index contributed by atoms with van der Waals surface area (Å²) >= 11 is 1.50. The van der Waals surface area contributed by atoms with Gasteiger partial charge in [0, 0.05) is 22.3 Å². The maximum absolute atomic E-state index is 10.9. The van der Waals surface area contributed by atoms with Crippen molar-refractivity contribution >= 4 is 23.4 Å². The maximum Gasteiger partial charge on any atom is 0.303 e. The lowest BCUT2D eigenvalue weighted by molar-refractivity contribution is -0.385. The quantitative estimate of drug-likeness (QED) is 0.492. The van der Waals surface area contributed by atoms with Crippen LogP contribution in [0.3, 0.4) is 0 Å². The Morgan fingerprint density at radius 3 is 2.74 bits per heavy atom. The number of carbonyl (C=O) groups is 1. The average molecular weight is 281 g/mol. The lowest BCUT2D eigenvalue weighted by atomic mass is 10.1. The van der Waals surface area contributed by atoms with Gasteiger partial charge in [-0.15, -0.1) is 11.8 Å². The van der Waals surface area contributed by atoms with Crippen molar-refractivity contribution in [3.8, 4) is 0 Å². The first-order valence-corrected chi connectivity index (χ1v) is 7.00. The molecule has 1 N–H and O–H groups in total. The first kappa shape index (κ1) is 13.9. The molecule has 0 heterocycles. The fourth-order valence-corrected chi connectivity index (χ4v) is 3.20. The second-order valence-electron chi connectivity index (χ2n) is 5.06. The number of carboxylic acids is 1. The molecule has 0 bridgehead atoms. The van der Waals surface area contributed by atoms with Gasteiger partial charge in [-0.2, -0.15) is 0 Å². The van der Waals surface area contributed by atoms with E-state index >= 15 is 0 Å². The SMILES string of the molecule is Cc1ccc(SCC2(CC(=O)O)CC2)cc1[N+](=O)[O-]. The number of nitro benzene ring substituents is 1. The van der Waals surface area contributed by atoms with Crippen molar-refractivity contribution in [1.29, 1.82) is 0 Å². The molecule has 1 aromatic carbocycles. The average Bonchev–Trinajstić information content (AvgIpc) is 3.07. The molecule has 1 aromatic rings. The summed E-state index contributed by atoms with van der Waals surface area (Å²) in [5.41, 5.74) is 0.657. The Balaban J connectivity index is 2.02. The van der Waals surface area contributed by atoms with E-state index in [1.54, 1.807) is 19.1 Å². The van der Waals surface area contributed by atoms with Gasteiger partial charge in [0.05, 0.1) is 11.3 Å². The Hall–Kier alpha value is -1.56. The van der Waals surface area contributed by atoms with Crippen LogP contribution in [-0.4, -0.2) is 21.8 Å². The largest absolute Gasteiger partial charge is 0.481 e. The van der Waals surface area contributed by atoms with Crippen molar-refractivity contribution in [2.45, 2.75) is 31.1 Å². The molecule has 0 radical (unpaired) electrons. The highest BCUT2D eigenvalue weighted by molar-refractivity contribution is 7.99. The number of hydrogen-bond acceptors (Lipinski definition) is 4. The topological polar surface area (TPSA) is 80.4 Å². The van der Waals surface area contributed by atoms with Crippen LogP contribution in [0.4, 0.5) is 5.69 Å². The Bertz CT molecular complexity index is 525. The van der Waals surface area contributed by atoms with Crippen molar-refractivity contribution in [3.63, 3.8) is 0 Å². The second kappa shape index (κ2) is 5.21. The smallest absolute Gasteiger partial charge is 0.303 e. The molecule has 1 fully saturated rings. The van der Waals surface area contributed by atoms with E-state index in [4.69, 9.17) is 5.11 Å². The summed E-state index contributed by atoms with van der Waals surface area (Å²) in [5.74, 6) is -0.0625. The fraction of sp³-hybridized carbons (Fsp3) is 0.462. The molecular formula is C13H15NO4S. The third-order valence-corrected chi connectivity index (χ3v) is 4.75. The molecule has 102 valence electrons. The van der Waals surface area contributed by atoms with Crippen LogP contribution in [-0.2, 0) is 4.79 Å². The molecule has 0 unspecified atom stereocenters. The molecule has 19 heavy (non-hydrogen) atoms. The highest BCUT2D eigenvalue weighted by Crippen LogP contribution is 2.52. The van der Waals surface area contributed by atoms with E-state index in [1.165, 1.54) is 11.8 Å². The van der Waals surface area contributed by atoms with Crippen molar-refractivity contribution in [2.75, 3.05) is 5.75 Å². The normalized spacial score (nSPS) is 16.1. The van der Waals surface area contributed by atoms with Crippen LogP contribution in [0, 0.1) is 22.5 Å². The van der Waals surface area contributed by atoms with Gasteiger partial charge in [-0.25, -0.2) is 0 Å². The molecule has 1 aliphatic carbocycles. The molecular weight excluding hydrogens is 266 g/mol. The van der Waals surface area contributed by atoms with Crippen molar-refractivity contribution in [1.82, 2.24) is 0 Å². The molecule has 1 saturated carbocycles. The summed E-state index contributed by atoms with van der Waals surface area (Å²) in [5, 5.41) is 19.7. The summed E-state index contributed by atoms with van der Waals surface area (Å²) in [7, 11) is 0. The Labute approximate surface area is 115 Å². The lowest BCUT2D eigenvalue weighted by Crippen LogP contribution is -2.10. The molecule has 0 aromatic heterocycles.